The van der Waals surface area contributed by atoms with E-state index in [9.17, 15) is 9.18 Å². The molecule has 20 heavy (non-hydrogen) atoms. The largest absolute Gasteiger partial charge is 0.339 e. The molecule has 4 nitrogen and oxygen atoms in total. The summed E-state index contributed by atoms with van der Waals surface area (Å²) in [5.41, 5.74) is -1.07. The number of nitrogens with zero attached hydrogens (tertiary/aromatic N) is 2. The maximum absolute atomic E-state index is 14.4. The monoisotopic (exact) mass is 285 g/mol. The van der Waals surface area contributed by atoms with E-state index in [-0.39, 0.29) is 11.9 Å². The fourth-order valence-electron chi connectivity index (χ4n) is 3.12. The Morgan fingerprint density at radius 1 is 1.25 bits per heavy atom. The average Bonchev–Trinajstić information content (AvgIpc) is 3.01. The predicted molar refractivity (Wildman–Crippen MR) is 78.5 cm³/mol. The van der Waals surface area contributed by atoms with E-state index in [4.69, 9.17) is 0 Å². The number of halogens is 1. The topological polar surface area (TPSA) is 35.6 Å². The lowest BCUT2D eigenvalue weighted by Crippen LogP contribution is -2.55. The molecule has 1 atom stereocenters. The van der Waals surface area contributed by atoms with Gasteiger partial charge in [-0.15, -0.1) is 0 Å². The first-order chi connectivity index (χ1) is 9.58. The minimum Gasteiger partial charge on any atom is -0.339 e. The van der Waals surface area contributed by atoms with Crippen LogP contribution in [0.1, 0.15) is 39.5 Å². The lowest BCUT2D eigenvalue weighted by molar-refractivity contribution is -0.135. The van der Waals surface area contributed by atoms with Gasteiger partial charge in [0.15, 0.2) is 0 Å². The number of carbonyl (C=O) groups is 1. The van der Waals surface area contributed by atoms with Crippen LogP contribution in [0.3, 0.4) is 0 Å². The van der Waals surface area contributed by atoms with Crippen LogP contribution >= 0.6 is 0 Å². The SMILES string of the molecule is CCC(F)(CC)CN1CCN(C(=O)C2CCCN2)CC1. The third kappa shape index (κ3) is 3.70. The Morgan fingerprint density at radius 3 is 2.40 bits per heavy atom. The molecule has 1 amide bonds. The summed E-state index contributed by atoms with van der Waals surface area (Å²) >= 11 is 0. The molecule has 2 fully saturated rings. The number of nitrogens with one attached hydrogen (secondary N) is 1. The van der Waals surface area contributed by atoms with Crippen molar-refractivity contribution in [1.29, 1.82) is 0 Å². The van der Waals surface area contributed by atoms with Crippen molar-refractivity contribution in [3.05, 3.63) is 0 Å². The first-order valence-electron chi connectivity index (χ1n) is 8.01. The molecule has 2 aliphatic rings. The highest BCUT2D eigenvalue weighted by Crippen LogP contribution is 2.22. The van der Waals surface area contributed by atoms with Crippen LogP contribution in [0.2, 0.25) is 0 Å². The van der Waals surface area contributed by atoms with Crippen molar-refractivity contribution in [2.75, 3.05) is 39.3 Å². The van der Waals surface area contributed by atoms with Crippen molar-refractivity contribution in [3.63, 3.8) is 0 Å². The summed E-state index contributed by atoms with van der Waals surface area (Å²) in [6.07, 6.45) is 3.18. The second-order valence-electron chi connectivity index (χ2n) is 6.11. The summed E-state index contributed by atoms with van der Waals surface area (Å²) in [4.78, 5) is 16.4. The summed E-state index contributed by atoms with van der Waals surface area (Å²) in [5.74, 6) is 0.236. The molecule has 0 aliphatic carbocycles. The molecule has 5 heteroatoms. The summed E-state index contributed by atoms with van der Waals surface area (Å²) in [6, 6.07) is 0.0214. The Balaban J connectivity index is 1.78. The van der Waals surface area contributed by atoms with E-state index in [0.717, 1.165) is 45.6 Å². The molecule has 1 N–H and O–H groups in total. The number of alkyl halides is 1. The van der Waals surface area contributed by atoms with Crippen molar-refractivity contribution in [3.8, 4) is 0 Å². The molecular weight excluding hydrogens is 257 g/mol. The summed E-state index contributed by atoms with van der Waals surface area (Å²) < 4.78 is 14.4. The predicted octanol–water partition coefficient (Wildman–Crippen LogP) is 1.41. The van der Waals surface area contributed by atoms with E-state index in [1.807, 2.05) is 18.7 Å². The van der Waals surface area contributed by atoms with Gasteiger partial charge in [-0.1, -0.05) is 13.8 Å². The number of piperazine rings is 1. The number of hydrogen-bond donors (Lipinski definition) is 1. The molecule has 0 aromatic heterocycles. The second kappa shape index (κ2) is 6.85. The second-order valence-corrected chi connectivity index (χ2v) is 6.11. The molecule has 0 radical (unpaired) electrons. The lowest BCUT2D eigenvalue weighted by atomic mass is 9.98. The van der Waals surface area contributed by atoms with Gasteiger partial charge in [0.2, 0.25) is 5.91 Å². The maximum atomic E-state index is 14.4. The average molecular weight is 285 g/mol. The van der Waals surface area contributed by atoms with Crippen molar-refractivity contribution >= 4 is 5.91 Å². The smallest absolute Gasteiger partial charge is 0.239 e. The van der Waals surface area contributed by atoms with E-state index in [0.29, 0.717) is 19.4 Å². The van der Waals surface area contributed by atoms with E-state index < -0.39 is 5.67 Å². The van der Waals surface area contributed by atoms with Crippen molar-refractivity contribution in [1.82, 2.24) is 15.1 Å². The van der Waals surface area contributed by atoms with Gasteiger partial charge in [0.1, 0.15) is 5.67 Å². The first kappa shape index (κ1) is 15.7. The fraction of sp³-hybridized carbons (Fsp3) is 0.933. The van der Waals surface area contributed by atoms with Crippen LogP contribution in [0.4, 0.5) is 4.39 Å². The third-order valence-electron chi connectivity index (χ3n) is 4.82. The molecule has 1 unspecified atom stereocenters. The number of rotatable bonds is 5. The van der Waals surface area contributed by atoms with Crippen molar-refractivity contribution in [2.24, 2.45) is 0 Å². The highest BCUT2D eigenvalue weighted by Gasteiger charge is 2.32. The molecule has 0 saturated carbocycles. The zero-order valence-electron chi connectivity index (χ0n) is 12.8. The van der Waals surface area contributed by atoms with Crippen LogP contribution < -0.4 is 5.32 Å². The van der Waals surface area contributed by atoms with Gasteiger partial charge in [0.05, 0.1) is 6.04 Å². The quantitative estimate of drug-likeness (QED) is 0.829. The molecule has 2 heterocycles. The molecule has 0 aromatic rings. The van der Waals surface area contributed by atoms with E-state index in [2.05, 4.69) is 10.2 Å². The van der Waals surface area contributed by atoms with Crippen LogP contribution in [-0.2, 0) is 4.79 Å². The van der Waals surface area contributed by atoms with Crippen molar-refractivity contribution in [2.45, 2.75) is 51.2 Å². The van der Waals surface area contributed by atoms with Gasteiger partial charge in [0, 0.05) is 32.7 Å². The van der Waals surface area contributed by atoms with Gasteiger partial charge < -0.3 is 10.2 Å². The Morgan fingerprint density at radius 2 is 1.90 bits per heavy atom. The van der Waals surface area contributed by atoms with Crippen molar-refractivity contribution < 1.29 is 9.18 Å². The molecule has 0 spiro atoms. The first-order valence-corrected chi connectivity index (χ1v) is 8.01. The van der Waals surface area contributed by atoms with Gasteiger partial charge in [-0.25, -0.2) is 4.39 Å². The molecule has 2 rings (SSSR count). The van der Waals surface area contributed by atoms with Crippen LogP contribution in [-0.4, -0.2) is 66.7 Å². The highest BCUT2D eigenvalue weighted by molar-refractivity contribution is 5.82. The van der Waals surface area contributed by atoms with Crippen LogP contribution in [0.5, 0.6) is 0 Å². The lowest BCUT2D eigenvalue weighted by Gasteiger charge is -2.38. The van der Waals surface area contributed by atoms with Gasteiger partial charge in [-0.2, -0.15) is 0 Å². The van der Waals surface area contributed by atoms with Crippen LogP contribution in [0.25, 0.3) is 0 Å². The molecule has 0 aromatic carbocycles. The zero-order valence-corrected chi connectivity index (χ0v) is 12.8. The number of carbonyl (C=O) groups excluding carboxylic acids is 1. The molecule has 2 aliphatic heterocycles. The minimum atomic E-state index is -1.07. The van der Waals surface area contributed by atoms with Gasteiger partial charge in [-0.05, 0) is 32.2 Å². The van der Waals surface area contributed by atoms with E-state index in [1.54, 1.807) is 0 Å². The Bertz CT molecular complexity index is 319. The summed E-state index contributed by atoms with van der Waals surface area (Å²) in [5, 5.41) is 3.26. The number of hydrogen-bond acceptors (Lipinski definition) is 3. The third-order valence-corrected chi connectivity index (χ3v) is 4.82. The highest BCUT2D eigenvalue weighted by atomic mass is 19.1. The standard InChI is InChI=1S/C15H28FN3O/c1-3-15(16,4-2)12-18-8-10-19(11-9-18)14(20)13-6-5-7-17-13/h13,17H,3-12H2,1-2H3. The molecule has 116 valence electrons. The van der Waals surface area contributed by atoms with Crippen LogP contribution in [0.15, 0.2) is 0 Å². The summed E-state index contributed by atoms with van der Waals surface area (Å²) in [7, 11) is 0. The van der Waals surface area contributed by atoms with Gasteiger partial charge in [0.25, 0.3) is 0 Å². The van der Waals surface area contributed by atoms with Crippen LogP contribution in [0, 0.1) is 0 Å². The fourth-order valence-corrected chi connectivity index (χ4v) is 3.12. The zero-order chi connectivity index (χ0) is 14.6. The number of amides is 1. The summed E-state index contributed by atoms with van der Waals surface area (Å²) in [6.45, 7) is 8.34. The Labute approximate surface area is 121 Å². The Kier molecular flexibility index (Phi) is 5.38. The maximum Gasteiger partial charge on any atom is 0.239 e. The molecule has 0 bridgehead atoms. The van der Waals surface area contributed by atoms with Gasteiger partial charge in [-0.3, -0.25) is 9.69 Å². The molecular formula is C15H28FN3O. The molecule has 2 saturated heterocycles. The van der Waals surface area contributed by atoms with E-state index >= 15 is 0 Å². The minimum absolute atomic E-state index is 0.0214. The van der Waals surface area contributed by atoms with E-state index in [1.165, 1.54) is 0 Å². The Hall–Kier alpha value is -0.680. The normalized spacial score (nSPS) is 25.1. The van der Waals surface area contributed by atoms with Gasteiger partial charge >= 0.3 is 0 Å².